The Morgan fingerprint density at radius 1 is 1.14 bits per heavy atom. The monoisotopic (exact) mass is 391 g/mol. The van der Waals surface area contributed by atoms with Gasteiger partial charge in [-0.2, -0.15) is 5.26 Å². The summed E-state index contributed by atoms with van der Waals surface area (Å²) < 4.78 is 5.47. The van der Waals surface area contributed by atoms with Crippen LogP contribution < -0.4 is 5.32 Å². The average Bonchev–Trinajstić information content (AvgIpc) is 2.74. The number of nitrogens with one attached hydrogen (secondary N) is 1. The topological polar surface area (TPSA) is 74.1 Å². The third-order valence-corrected chi connectivity index (χ3v) is 7.21. The number of benzene rings is 1. The van der Waals surface area contributed by atoms with E-state index in [1.54, 1.807) is 6.33 Å². The van der Waals surface area contributed by atoms with Crippen molar-refractivity contribution < 1.29 is 4.74 Å². The molecule has 0 atom stereocenters. The second-order valence-corrected chi connectivity index (χ2v) is 9.09. The fourth-order valence-electron chi connectivity index (χ4n) is 5.24. The minimum atomic E-state index is 0.415. The first-order chi connectivity index (χ1) is 14.2. The number of aromatic nitrogens is 2. The fourth-order valence-corrected chi connectivity index (χ4v) is 5.24. The summed E-state index contributed by atoms with van der Waals surface area (Å²) in [6, 6.07) is 9.44. The van der Waals surface area contributed by atoms with Gasteiger partial charge in [0.1, 0.15) is 12.1 Å². The SMILES string of the molecule is N#CCc1ccc2ncnc(N[C@H]3CC[C@H](N4CCC5(CC4)COC5)CC3)c2c1. The van der Waals surface area contributed by atoms with E-state index in [2.05, 4.69) is 32.3 Å². The Bertz CT molecular complexity index is 901. The molecule has 2 aliphatic heterocycles. The van der Waals surface area contributed by atoms with Gasteiger partial charge in [-0.3, -0.25) is 0 Å². The van der Waals surface area contributed by atoms with Gasteiger partial charge in [0.25, 0.3) is 0 Å². The van der Waals surface area contributed by atoms with Crippen LogP contribution in [0.25, 0.3) is 10.9 Å². The molecule has 6 heteroatoms. The van der Waals surface area contributed by atoms with Gasteiger partial charge in [0, 0.05) is 22.9 Å². The van der Waals surface area contributed by atoms with E-state index >= 15 is 0 Å². The Balaban J connectivity index is 1.20. The molecule has 2 aromatic rings. The maximum atomic E-state index is 8.99. The Hall–Kier alpha value is -2.23. The summed E-state index contributed by atoms with van der Waals surface area (Å²) in [5.41, 5.74) is 2.47. The molecule has 1 N–H and O–H groups in total. The summed E-state index contributed by atoms with van der Waals surface area (Å²) in [6.45, 7) is 4.45. The summed E-state index contributed by atoms with van der Waals surface area (Å²) in [6.07, 6.45) is 9.53. The third-order valence-electron chi connectivity index (χ3n) is 7.21. The number of ether oxygens (including phenoxy) is 1. The summed E-state index contributed by atoms with van der Waals surface area (Å²) >= 11 is 0. The largest absolute Gasteiger partial charge is 0.380 e. The van der Waals surface area contributed by atoms with Crippen molar-refractivity contribution >= 4 is 16.7 Å². The number of hydrogen-bond acceptors (Lipinski definition) is 6. The number of fused-ring (bicyclic) bond motifs is 1. The summed E-state index contributed by atoms with van der Waals surface area (Å²) in [7, 11) is 0. The van der Waals surface area contributed by atoms with Crippen molar-refractivity contribution in [3.63, 3.8) is 0 Å². The predicted octanol–water partition coefficient (Wildman–Crippen LogP) is 3.53. The second-order valence-electron chi connectivity index (χ2n) is 9.09. The molecule has 0 amide bonds. The standard InChI is InChI=1S/C23H29N5O/c24-10-7-17-1-6-21-20(13-17)22(26-16-25-21)27-18-2-4-19(5-3-18)28-11-8-23(9-12-28)14-29-15-23/h1,6,13,16,18-19H,2-5,7-9,11-12,14-15H2,(H,25,26,27)/t18-,19-. The van der Waals surface area contributed by atoms with E-state index in [9.17, 15) is 0 Å². The van der Waals surface area contributed by atoms with E-state index < -0.39 is 0 Å². The highest BCUT2D eigenvalue weighted by Crippen LogP contribution is 2.40. The van der Waals surface area contributed by atoms with Crippen molar-refractivity contribution in [2.75, 3.05) is 31.6 Å². The van der Waals surface area contributed by atoms with Gasteiger partial charge in [0.05, 0.1) is 31.2 Å². The summed E-state index contributed by atoms with van der Waals surface area (Å²) in [5, 5.41) is 13.7. The number of likely N-dealkylation sites (tertiary alicyclic amines) is 1. The smallest absolute Gasteiger partial charge is 0.137 e. The van der Waals surface area contributed by atoms with E-state index in [1.807, 2.05) is 12.1 Å². The number of hydrogen-bond donors (Lipinski definition) is 1. The molecule has 2 saturated heterocycles. The van der Waals surface area contributed by atoms with E-state index in [0.29, 0.717) is 17.9 Å². The lowest BCUT2D eigenvalue weighted by molar-refractivity contribution is -0.143. The van der Waals surface area contributed by atoms with Gasteiger partial charge in [-0.15, -0.1) is 0 Å². The molecule has 1 aliphatic carbocycles. The highest BCUT2D eigenvalue weighted by Gasteiger charge is 2.42. The van der Waals surface area contributed by atoms with Gasteiger partial charge in [0.15, 0.2) is 0 Å². The number of rotatable bonds is 4. The van der Waals surface area contributed by atoms with E-state index in [4.69, 9.17) is 10.00 Å². The zero-order chi connectivity index (χ0) is 19.7. The molecule has 6 nitrogen and oxygen atoms in total. The fraction of sp³-hybridized carbons (Fsp3) is 0.609. The van der Waals surface area contributed by atoms with Gasteiger partial charge in [-0.05, 0) is 69.3 Å². The van der Waals surface area contributed by atoms with Crippen LogP contribution in [0.2, 0.25) is 0 Å². The summed E-state index contributed by atoms with van der Waals surface area (Å²) in [5.74, 6) is 0.906. The first-order valence-electron chi connectivity index (χ1n) is 10.9. The van der Waals surface area contributed by atoms with E-state index in [-0.39, 0.29) is 0 Å². The van der Waals surface area contributed by atoms with Crippen molar-refractivity contribution in [1.29, 1.82) is 5.26 Å². The number of piperidine rings is 1. The van der Waals surface area contributed by atoms with Crippen LogP contribution in [0.1, 0.15) is 44.1 Å². The van der Waals surface area contributed by atoms with E-state index in [1.165, 1.54) is 51.6 Å². The average molecular weight is 392 g/mol. The van der Waals surface area contributed by atoms with Gasteiger partial charge < -0.3 is 15.0 Å². The van der Waals surface area contributed by atoms with Crippen LogP contribution in [-0.4, -0.2) is 53.3 Å². The molecule has 29 heavy (non-hydrogen) atoms. The van der Waals surface area contributed by atoms with Crippen LogP contribution in [0.4, 0.5) is 5.82 Å². The lowest BCUT2D eigenvalue weighted by Crippen LogP contribution is -2.53. The second kappa shape index (κ2) is 7.89. The molecular weight excluding hydrogens is 362 g/mol. The van der Waals surface area contributed by atoms with Gasteiger partial charge in [0.2, 0.25) is 0 Å². The predicted molar refractivity (Wildman–Crippen MR) is 113 cm³/mol. The molecule has 0 unspecified atom stereocenters. The molecule has 1 saturated carbocycles. The van der Waals surface area contributed by atoms with Crippen molar-refractivity contribution in [1.82, 2.24) is 14.9 Å². The van der Waals surface area contributed by atoms with Crippen LogP contribution >= 0.6 is 0 Å². The molecule has 1 aromatic carbocycles. The Morgan fingerprint density at radius 3 is 2.62 bits per heavy atom. The number of anilines is 1. The molecule has 3 aliphatic rings. The van der Waals surface area contributed by atoms with Crippen LogP contribution in [0.15, 0.2) is 24.5 Å². The third kappa shape index (κ3) is 3.82. The molecule has 1 spiro atoms. The van der Waals surface area contributed by atoms with Crippen LogP contribution in [0, 0.1) is 16.7 Å². The first kappa shape index (κ1) is 18.8. The zero-order valence-electron chi connectivity index (χ0n) is 16.9. The van der Waals surface area contributed by atoms with Crippen LogP contribution in [0.5, 0.6) is 0 Å². The molecule has 152 valence electrons. The zero-order valence-corrected chi connectivity index (χ0v) is 16.9. The lowest BCUT2D eigenvalue weighted by Gasteiger charge is -2.49. The molecular formula is C23H29N5O. The molecule has 1 aromatic heterocycles. The highest BCUT2D eigenvalue weighted by molar-refractivity contribution is 5.89. The Morgan fingerprint density at radius 2 is 1.93 bits per heavy atom. The van der Waals surface area contributed by atoms with Crippen molar-refractivity contribution in [2.24, 2.45) is 5.41 Å². The molecule has 3 fully saturated rings. The maximum absolute atomic E-state index is 8.99. The summed E-state index contributed by atoms with van der Waals surface area (Å²) in [4.78, 5) is 11.6. The quantitative estimate of drug-likeness (QED) is 0.859. The number of nitriles is 1. The van der Waals surface area contributed by atoms with Crippen molar-refractivity contribution in [3.05, 3.63) is 30.1 Å². The normalized spacial score (nSPS) is 26.7. The number of nitrogens with zero attached hydrogens (tertiary/aromatic N) is 4. The highest BCUT2D eigenvalue weighted by atomic mass is 16.5. The molecule has 0 radical (unpaired) electrons. The van der Waals surface area contributed by atoms with Crippen LogP contribution in [-0.2, 0) is 11.2 Å². The van der Waals surface area contributed by atoms with Gasteiger partial charge >= 0.3 is 0 Å². The molecule has 0 bridgehead atoms. The first-order valence-corrected chi connectivity index (χ1v) is 10.9. The lowest BCUT2D eigenvalue weighted by atomic mass is 9.76. The van der Waals surface area contributed by atoms with Gasteiger partial charge in [-0.1, -0.05) is 6.07 Å². The Kier molecular flexibility index (Phi) is 5.11. The maximum Gasteiger partial charge on any atom is 0.137 e. The molecule has 5 rings (SSSR count). The van der Waals surface area contributed by atoms with Crippen molar-refractivity contribution in [3.8, 4) is 6.07 Å². The minimum Gasteiger partial charge on any atom is -0.380 e. The van der Waals surface area contributed by atoms with Crippen LogP contribution in [0.3, 0.4) is 0 Å². The molecule has 3 heterocycles. The van der Waals surface area contributed by atoms with Crippen molar-refractivity contribution in [2.45, 2.75) is 57.0 Å². The van der Waals surface area contributed by atoms with Gasteiger partial charge in [-0.25, -0.2) is 9.97 Å². The minimum absolute atomic E-state index is 0.415. The Labute approximate surface area is 172 Å². The van der Waals surface area contributed by atoms with E-state index in [0.717, 1.165) is 41.5 Å².